The van der Waals surface area contributed by atoms with Crippen LogP contribution in [0.15, 0.2) is 15.9 Å². The lowest BCUT2D eigenvalue weighted by Crippen LogP contribution is -2.33. The van der Waals surface area contributed by atoms with Crippen molar-refractivity contribution < 1.29 is 0 Å². The summed E-state index contributed by atoms with van der Waals surface area (Å²) in [6.07, 6.45) is 1.18. The molecule has 0 amide bonds. The van der Waals surface area contributed by atoms with Crippen molar-refractivity contribution in [3.63, 3.8) is 0 Å². The minimum atomic E-state index is 0.306. The number of hydrogen-bond acceptors (Lipinski definition) is 2. The molecule has 0 fully saturated rings. The minimum Gasteiger partial charge on any atom is -0.309 e. The van der Waals surface area contributed by atoms with Crippen LogP contribution in [0.25, 0.3) is 0 Å². The number of rotatable bonds is 5. The number of hydrogen-bond donors (Lipinski definition) is 1. The average Bonchev–Trinajstić information content (AvgIpc) is 2.60. The number of halogens is 1. The maximum absolute atomic E-state index is 3.59. The summed E-state index contributed by atoms with van der Waals surface area (Å²) in [7, 11) is 0. The summed E-state index contributed by atoms with van der Waals surface area (Å²) in [4.78, 5) is 1.43. The molecular formula is C12H20BrNS. The Morgan fingerprint density at radius 1 is 1.40 bits per heavy atom. The third kappa shape index (κ3) is 3.30. The standard InChI is InChI=1S/C12H20BrNS/c1-5-12(3,4)11(14-6-2)9-7-8-10(13)15-9/h7-8,11,14H,5-6H2,1-4H3. The highest BCUT2D eigenvalue weighted by molar-refractivity contribution is 9.11. The van der Waals surface area contributed by atoms with Crippen molar-refractivity contribution in [2.75, 3.05) is 6.54 Å². The molecule has 1 heterocycles. The second-order valence-electron chi connectivity index (χ2n) is 4.47. The van der Waals surface area contributed by atoms with Crippen LogP contribution in [0.2, 0.25) is 0 Å². The van der Waals surface area contributed by atoms with Crippen molar-refractivity contribution in [1.29, 1.82) is 0 Å². The van der Waals surface area contributed by atoms with E-state index in [9.17, 15) is 0 Å². The zero-order chi connectivity index (χ0) is 11.5. The van der Waals surface area contributed by atoms with E-state index < -0.39 is 0 Å². The first kappa shape index (κ1) is 13.2. The van der Waals surface area contributed by atoms with Crippen molar-refractivity contribution >= 4 is 27.3 Å². The van der Waals surface area contributed by atoms with Crippen LogP contribution in [0.1, 0.15) is 45.0 Å². The van der Waals surface area contributed by atoms with Gasteiger partial charge < -0.3 is 5.32 Å². The Balaban J connectivity index is 2.92. The van der Waals surface area contributed by atoms with Crippen LogP contribution in [0.4, 0.5) is 0 Å². The maximum atomic E-state index is 3.59. The van der Waals surface area contributed by atoms with Crippen molar-refractivity contribution in [3.05, 3.63) is 20.8 Å². The van der Waals surface area contributed by atoms with Crippen molar-refractivity contribution in [3.8, 4) is 0 Å². The Kier molecular flexibility index (Phi) is 4.81. The molecule has 3 heteroatoms. The smallest absolute Gasteiger partial charge is 0.0701 e. The van der Waals surface area contributed by atoms with Gasteiger partial charge in [-0.05, 0) is 46.4 Å². The third-order valence-electron chi connectivity index (χ3n) is 2.98. The van der Waals surface area contributed by atoms with Gasteiger partial charge in [0, 0.05) is 10.9 Å². The van der Waals surface area contributed by atoms with Gasteiger partial charge in [0.2, 0.25) is 0 Å². The highest BCUT2D eigenvalue weighted by Crippen LogP contribution is 2.40. The molecule has 1 aromatic rings. The molecule has 1 nitrogen and oxygen atoms in total. The highest BCUT2D eigenvalue weighted by Gasteiger charge is 2.29. The van der Waals surface area contributed by atoms with Gasteiger partial charge in [0.1, 0.15) is 0 Å². The van der Waals surface area contributed by atoms with E-state index in [-0.39, 0.29) is 0 Å². The van der Waals surface area contributed by atoms with Gasteiger partial charge in [-0.2, -0.15) is 0 Å². The predicted molar refractivity (Wildman–Crippen MR) is 72.5 cm³/mol. The van der Waals surface area contributed by atoms with Gasteiger partial charge in [-0.3, -0.25) is 0 Å². The Morgan fingerprint density at radius 2 is 2.07 bits per heavy atom. The molecule has 1 aromatic heterocycles. The fraction of sp³-hybridized carbons (Fsp3) is 0.667. The second kappa shape index (κ2) is 5.46. The summed E-state index contributed by atoms with van der Waals surface area (Å²) in [5.74, 6) is 0. The molecule has 0 aliphatic rings. The summed E-state index contributed by atoms with van der Waals surface area (Å²) in [6.45, 7) is 10.1. The normalized spacial score (nSPS) is 14.2. The van der Waals surface area contributed by atoms with Crippen LogP contribution in [0.3, 0.4) is 0 Å². The first-order chi connectivity index (χ1) is 7.01. The lowest BCUT2D eigenvalue weighted by molar-refractivity contribution is 0.240. The van der Waals surface area contributed by atoms with Crippen LogP contribution >= 0.6 is 27.3 Å². The molecule has 0 spiro atoms. The molecule has 1 N–H and O–H groups in total. The van der Waals surface area contributed by atoms with Crippen LogP contribution in [0.5, 0.6) is 0 Å². The summed E-state index contributed by atoms with van der Waals surface area (Å²) < 4.78 is 1.22. The zero-order valence-electron chi connectivity index (χ0n) is 9.93. The molecule has 0 aromatic carbocycles. The molecular weight excluding hydrogens is 270 g/mol. The molecule has 0 aliphatic carbocycles. The van der Waals surface area contributed by atoms with Crippen molar-refractivity contribution in [2.24, 2.45) is 5.41 Å². The van der Waals surface area contributed by atoms with Crippen molar-refractivity contribution in [1.82, 2.24) is 5.32 Å². The largest absolute Gasteiger partial charge is 0.309 e. The Morgan fingerprint density at radius 3 is 2.47 bits per heavy atom. The minimum absolute atomic E-state index is 0.306. The maximum Gasteiger partial charge on any atom is 0.0701 e. The summed E-state index contributed by atoms with van der Waals surface area (Å²) >= 11 is 5.36. The molecule has 0 aliphatic heterocycles. The number of nitrogens with one attached hydrogen (secondary N) is 1. The first-order valence-electron chi connectivity index (χ1n) is 5.50. The fourth-order valence-electron chi connectivity index (χ4n) is 1.65. The second-order valence-corrected chi connectivity index (χ2v) is 6.97. The third-order valence-corrected chi connectivity index (χ3v) is 4.67. The average molecular weight is 290 g/mol. The van der Waals surface area contributed by atoms with Gasteiger partial charge in [0.05, 0.1) is 3.79 Å². The Hall–Kier alpha value is 0.140. The van der Waals surface area contributed by atoms with Gasteiger partial charge in [-0.25, -0.2) is 0 Å². The van der Waals surface area contributed by atoms with Gasteiger partial charge >= 0.3 is 0 Å². The molecule has 86 valence electrons. The van der Waals surface area contributed by atoms with E-state index in [1.807, 2.05) is 11.3 Å². The van der Waals surface area contributed by atoms with Gasteiger partial charge in [-0.1, -0.05) is 27.7 Å². The summed E-state index contributed by atoms with van der Waals surface area (Å²) in [5.41, 5.74) is 0.306. The molecule has 0 saturated heterocycles. The SMILES string of the molecule is CCNC(c1ccc(Br)s1)C(C)(C)CC. The van der Waals surface area contributed by atoms with E-state index in [1.165, 1.54) is 15.1 Å². The quantitative estimate of drug-likeness (QED) is 0.836. The Bertz CT molecular complexity index is 306. The Labute approximate surface area is 105 Å². The van der Waals surface area contributed by atoms with E-state index in [1.54, 1.807) is 0 Å². The predicted octanol–water partition coefficient (Wildman–Crippen LogP) is 4.60. The van der Waals surface area contributed by atoms with Crippen LogP contribution < -0.4 is 5.32 Å². The van der Waals surface area contributed by atoms with Crippen LogP contribution in [-0.2, 0) is 0 Å². The van der Waals surface area contributed by atoms with E-state index in [2.05, 4.69) is 61.1 Å². The molecule has 15 heavy (non-hydrogen) atoms. The van der Waals surface area contributed by atoms with Crippen LogP contribution in [0, 0.1) is 5.41 Å². The molecule has 1 unspecified atom stereocenters. The topological polar surface area (TPSA) is 12.0 Å². The van der Waals surface area contributed by atoms with Crippen molar-refractivity contribution in [2.45, 2.75) is 40.2 Å². The lowest BCUT2D eigenvalue weighted by atomic mass is 9.81. The van der Waals surface area contributed by atoms with Gasteiger partial charge in [0.25, 0.3) is 0 Å². The van der Waals surface area contributed by atoms with Gasteiger partial charge in [-0.15, -0.1) is 11.3 Å². The molecule has 1 atom stereocenters. The zero-order valence-corrected chi connectivity index (χ0v) is 12.3. The molecule has 0 saturated carbocycles. The molecule has 0 radical (unpaired) electrons. The highest BCUT2D eigenvalue weighted by atomic mass is 79.9. The van der Waals surface area contributed by atoms with E-state index >= 15 is 0 Å². The number of thiophene rings is 1. The molecule has 0 bridgehead atoms. The van der Waals surface area contributed by atoms with Crippen LogP contribution in [-0.4, -0.2) is 6.54 Å². The first-order valence-corrected chi connectivity index (χ1v) is 7.10. The summed E-state index contributed by atoms with van der Waals surface area (Å²) in [5, 5.41) is 3.59. The fourth-order valence-corrected chi connectivity index (χ4v) is 3.36. The monoisotopic (exact) mass is 289 g/mol. The molecule has 1 rings (SSSR count). The van der Waals surface area contributed by atoms with E-state index in [0.29, 0.717) is 11.5 Å². The van der Waals surface area contributed by atoms with Gasteiger partial charge in [0.15, 0.2) is 0 Å². The van der Waals surface area contributed by atoms with E-state index in [0.717, 1.165) is 6.54 Å². The lowest BCUT2D eigenvalue weighted by Gasteiger charge is -2.33. The van der Waals surface area contributed by atoms with E-state index in [4.69, 9.17) is 0 Å². The summed E-state index contributed by atoms with van der Waals surface area (Å²) in [6, 6.07) is 4.82.